The summed E-state index contributed by atoms with van der Waals surface area (Å²) in [5.74, 6) is 6.57. The molecule has 0 spiro atoms. The number of hydrogen-bond acceptors (Lipinski definition) is 3. The normalized spacial score (nSPS) is 10.0. The van der Waals surface area contributed by atoms with Crippen molar-refractivity contribution in [3.63, 3.8) is 0 Å². The Morgan fingerprint density at radius 3 is 3.00 bits per heavy atom. The van der Waals surface area contributed by atoms with Crippen LogP contribution in [0.2, 0.25) is 0 Å². The van der Waals surface area contributed by atoms with Crippen LogP contribution in [-0.4, -0.2) is 20.8 Å². The van der Waals surface area contributed by atoms with Crippen LogP contribution >= 0.6 is 0 Å². The smallest absolute Gasteiger partial charge is 0.164 e. The van der Waals surface area contributed by atoms with Crippen molar-refractivity contribution in [2.75, 3.05) is 0 Å². The molecule has 1 aromatic heterocycles. The van der Waals surface area contributed by atoms with E-state index in [1.807, 2.05) is 6.92 Å². The van der Waals surface area contributed by atoms with Crippen molar-refractivity contribution >= 4 is 0 Å². The summed E-state index contributed by atoms with van der Waals surface area (Å²) in [7, 11) is 0. The van der Waals surface area contributed by atoms with Crippen molar-refractivity contribution in [2.24, 2.45) is 0 Å². The maximum atomic E-state index is 4.26. The van der Waals surface area contributed by atoms with E-state index in [9.17, 15) is 0 Å². The van der Waals surface area contributed by atoms with Crippen LogP contribution in [-0.2, 0) is 13.1 Å². The molecule has 0 aromatic carbocycles. The van der Waals surface area contributed by atoms with Crippen LogP contribution in [0.4, 0.5) is 0 Å². The summed E-state index contributed by atoms with van der Waals surface area (Å²) in [6, 6.07) is 0.456. The molecule has 0 fully saturated rings. The van der Waals surface area contributed by atoms with Crippen LogP contribution in [0.5, 0.6) is 0 Å². The van der Waals surface area contributed by atoms with Crippen molar-refractivity contribution in [1.29, 1.82) is 0 Å². The van der Waals surface area contributed by atoms with Gasteiger partial charge < -0.3 is 5.32 Å². The number of aromatic nitrogens is 3. The lowest BCUT2D eigenvalue weighted by Gasteiger charge is -2.03. The Morgan fingerprint density at radius 1 is 1.57 bits per heavy atom. The quantitative estimate of drug-likeness (QED) is 0.717. The summed E-state index contributed by atoms with van der Waals surface area (Å²) < 4.78 is 1.74. The molecule has 0 unspecified atom stereocenters. The predicted octanol–water partition coefficient (Wildman–Crippen LogP) is 0.799. The van der Waals surface area contributed by atoms with Crippen LogP contribution in [0.1, 0.15) is 26.6 Å². The van der Waals surface area contributed by atoms with E-state index in [0.717, 1.165) is 5.82 Å². The van der Waals surface area contributed by atoms with Crippen molar-refractivity contribution in [3.05, 3.63) is 12.2 Å². The van der Waals surface area contributed by atoms with Gasteiger partial charge in [-0.05, 0) is 6.92 Å². The highest BCUT2D eigenvalue weighted by atomic mass is 15.3. The van der Waals surface area contributed by atoms with E-state index in [1.54, 1.807) is 11.0 Å². The molecule has 0 bridgehead atoms. The standard InChI is InChI=1S/C10H16N4/c1-4-5-6-14-8-12-10(13-14)7-11-9(2)3/h8-9,11H,6-7H2,1-3H3. The van der Waals surface area contributed by atoms with E-state index in [2.05, 4.69) is 41.1 Å². The van der Waals surface area contributed by atoms with Crippen molar-refractivity contribution in [1.82, 2.24) is 20.1 Å². The van der Waals surface area contributed by atoms with Crippen molar-refractivity contribution in [3.8, 4) is 11.8 Å². The minimum atomic E-state index is 0.456. The fraction of sp³-hybridized carbons (Fsp3) is 0.600. The molecule has 1 aromatic rings. The molecule has 4 nitrogen and oxygen atoms in total. The van der Waals surface area contributed by atoms with Gasteiger partial charge in [-0.25, -0.2) is 9.67 Å². The minimum absolute atomic E-state index is 0.456. The molecule has 1 rings (SSSR count). The lowest BCUT2D eigenvalue weighted by Crippen LogP contribution is -2.22. The maximum absolute atomic E-state index is 4.26. The Morgan fingerprint density at radius 2 is 2.36 bits per heavy atom. The Hall–Kier alpha value is -1.34. The molecule has 0 atom stereocenters. The Balaban J connectivity index is 2.45. The van der Waals surface area contributed by atoms with E-state index in [0.29, 0.717) is 19.1 Å². The monoisotopic (exact) mass is 192 g/mol. The first-order valence-electron chi connectivity index (χ1n) is 4.73. The lowest BCUT2D eigenvalue weighted by atomic mass is 10.4. The molecule has 0 aliphatic heterocycles. The molecule has 0 radical (unpaired) electrons. The average molecular weight is 192 g/mol. The van der Waals surface area contributed by atoms with Gasteiger partial charge in [0.15, 0.2) is 5.82 Å². The van der Waals surface area contributed by atoms with Gasteiger partial charge in [-0.3, -0.25) is 0 Å². The molecule has 1 heterocycles. The second-order valence-electron chi connectivity index (χ2n) is 3.32. The molecule has 0 saturated heterocycles. The summed E-state index contributed by atoms with van der Waals surface area (Å²) in [4.78, 5) is 4.16. The van der Waals surface area contributed by atoms with Crippen LogP contribution in [0.25, 0.3) is 0 Å². The average Bonchev–Trinajstić information content (AvgIpc) is 2.59. The van der Waals surface area contributed by atoms with Gasteiger partial charge in [0.05, 0.1) is 6.54 Å². The zero-order valence-corrected chi connectivity index (χ0v) is 8.91. The van der Waals surface area contributed by atoms with E-state index < -0.39 is 0 Å². The topological polar surface area (TPSA) is 42.7 Å². The summed E-state index contributed by atoms with van der Waals surface area (Å²) in [6.07, 6.45) is 1.71. The number of rotatable bonds is 4. The molecule has 14 heavy (non-hydrogen) atoms. The molecular weight excluding hydrogens is 176 g/mol. The first kappa shape index (κ1) is 10.7. The van der Waals surface area contributed by atoms with Gasteiger partial charge in [0.1, 0.15) is 12.9 Å². The fourth-order valence-corrected chi connectivity index (χ4v) is 0.946. The second-order valence-corrected chi connectivity index (χ2v) is 3.32. The van der Waals surface area contributed by atoms with Gasteiger partial charge in [0.25, 0.3) is 0 Å². The first-order chi connectivity index (χ1) is 6.72. The summed E-state index contributed by atoms with van der Waals surface area (Å²) in [6.45, 7) is 7.34. The molecular formula is C10H16N4. The van der Waals surface area contributed by atoms with Crippen molar-refractivity contribution in [2.45, 2.75) is 39.9 Å². The molecule has 4 heteroatoms. The van der Waals surface area contributed by atoms with Crippen LogP contribution in [0.15, 0.2) is 6.33 Å². The maximum Gasteiger partial charge on any atom is 0.164 e. The zero-order valence-electron chi connectivity index (χ0n) is 8.91. The van der Waals surface area contributed by atoms with Gasteiger partial charge in [0.2, 0.25) is 0 Å². The number of nitrogens with zero attached hydrogens (tertiary/aromatic N) is 3. The molecule has 76 valence electrons. The Labute approximate surface area is 84.7 Å². The van der Waals surface area contributed by atoms with E-state index in [4.69, 9.17) is 0 Å². The molecule has 0 amide bonds. The molecule has 0 aliphatic rings. The predicted molar refractivity (Wildman–Crippen MR) is 55.4 cm³/mol. The van der Waals surface area contributed by atoms with Gasteiger partial charge >= 0.3 is 0 Å². The minimum Gasteiger partial charge on any atom is -0.308 e. The largest absolute Gasteiger partial charge is 0.308 e. The SMILES string of the molecule is CC#CCn1cnc(CNC(C)C)n1. The van der Waals surface area contributed by atoms with E-state index in [-0.39, 0.29) is 0 Å². The zero-order chi connectivity index (χ0) is 10.4. The van der Waals surface area contributed by atoms with Crippen LogP contribution in [0, 0.1) is 11.8 Å². The van der Waals surface area contributed by atoms with Crippen LogP contribution in [0.3, 0.4) is 0 Å². The second kappa shape index (κ2) is 5.40. The summed E-state index contributed by atoms with van der Waals surface area (Å²) in [5.41, 5.74) is 0. The first-order valence-corrected chi connectivity index (χ1v) is 4.73. The lowest BCUT2D eigenvalue weighted by molar-refractivity contribution is 0.566. The highest BCUT2D eigenvalue weighted by Crippen LogP contribution is 1.90. The highest BCUT2D eigenvalue weighted by molar-refractivity contribution is 4.95. The van der Waals surface area contributed by atoms with Crippen LogP contribution < -0.4 is 5.32 Å². The molecule has 1 N–H and O–H groups in total. The number of hydrogen-bond donors (Lipinski definition) is 1. The van der Waals surface area contributed by atoms with Crippen molar-refractivity contribution < 1.29 is 0 Å². The van der Waals surface area contributed by atoms with E-state index in [1.165, 1.54) is 0 Å². The number of nitrogens with one attached hydrogen (secondary N) is 1. The third-order valence-corrected chi connectivity index (χ3v) is 1.67. The van der Waals surface area contributed by atoms with Gasteiger partial charge in [-0.1, -0.05) is 19.8 Å². The summed E-state index contributed by atoms with van der Waals surface area (Å²) >= 11 is 0. The molecule has 0 saturated carbocycles. The summed E-state index contributed by atoms with van der Waals surface area (Å²) in [5, 5.41) is 7.52. The van der Waals surface area contributed by atoms with Gasteiger partial charge in [-0.15, -0.1) is 5.92 Å². The van der Waals surface area contributed by atoms with Gasteiger partial charge in [-0.2, -0.15) is 5.10 Å². The van der Waals surface area contributed by atoms with Gasteiger partial charge in [0, 0.05) is 6.04 Å². The third-order valence-electron chi connectivity index (χ3n) is 1.67. The highest BCUT2D eigenvalue weighted by Gasteiger charge is 2.00. The Kier molecular flexibility index (Phi) is 4.14. The third kappa shape index (κ3) is 3.58. The van der Waals surface area contributed by atoms with E-state index >= 15 is 0 Å². The molecule has 0 aliphatic carbocycles. The fourth-order valence-electron chi connectivity index (χ4n) is 0.946. The Bertz CT molecular complexity index is 329.